The maximum absolute atomic E-state index is 5.39. The zero-order chi connectivity index (χ0) is 12.1. The van der Waals surface area contributed by atoms with Gasteiger partial charge in [-0.3, -0.25) is 4.90 Å². The molecule has 17 heavy (non-hydrogen) atoms. The first-order valence-corrected chi connectivity index (χ1v) is 6.76. The van der Waals surface area contributed by atoms with Crippen molar-refractivity contribution in [2.75, 3.05) is 53.1 Å². The van der Waals surface area contributed by atoms with E-state index in [0.29, 0.717) is 0 Å². The van der Waals surface area contributed by atoms with Crippen LogP contribution in [-0.4, -0.2) is 63.5 Å². The summed E-state index contributed by atoms with van der Waals surface area (Å²) in [4.78, 5) is 2.55. The lowest BCUT2D eigenvalue weighted by atomic mass is 9.83. The van der Waals surface area contributed by atoms with Gasteiger partial charge in [0.15, 0.2) is 0 Å². The zero-order valence-corrected chi connectivity index (χ0v) is 11.2. The Hall–Kier alpha value is -0.160. The Morgan fingerprint density at radius 1 is 1.41 bits per heavy atom. The number of rotatable bonds is 4. The molecule has 0 amide bonds. The third-order valence-corrected chi connectivity index (χ3v) is 3.93. The molecule has 4 nitrogen and oxygen atoms in total. The van der Waals surface area contributed by atoms with Gasteiger partial charge in [-0.05, 0) is 32.2 Å². The number of piperidine rings is 1. The molecule has 2 saturated heterocycles. The maximum atomic E-state index is 5.39. The van der Waals surface area contributed by atoms with Crippen molar-refractivity contribution in [2.45, 2.75) is 25.3 Å². The van der Waals surface area contributed by atoms with Crippen molar-refractivity contribution in [1.82, 2.24) is 10.2 Å². The summed E-state index contributed by atoms with van der Waals surface area (Å²) in [7, 11) is 1.79. The Labute approximate surface area is 105 Å². The largest absolute Gasteiger partial charge is 0.383 e. The number of hydrogen-bond acceptors (Lipinski definition) is 4. The van der Waals surface area contributed by atoms with E-state index >= 15 is 0 Å². The third-order valence-electron chi connectivity index (χ3n) is 3.93. The molecule has 2 aliphatic heterocycles. The van der Waals surface area contributed by atoms with E-state index in [2.05, 4.69) is 17.1 Å². The summed E-state index contributed by atoms with van der Waals surface area (Å²) in [6.45, 7) is 9.45. The van der Waals surface area contributed by atoms with Crippen LogP contribution in [0.5, 0.6) is 0 Å². The minimum absolute atomic E-state index is 0.171. The maximum Gasteiger partial charge on any atom is 0.0641 e. The van der Waals surface area contributed by atoms with Gasteiger partial charge < -0.3 is 14.8 Å². The fraction of sp³-hybridized carbons (Fsp3) is 1.00. The van der Waals surface area contributed by atoms with Crippen LogP contribution in [0.25, 0.3) is 0 Å². The van der Waals surface area contributed by atoms with Crippen LogP contribution in [-0.2, 0) is 9.47 Å². The quantitative estimate of drug-likeness (QED) is 0.788. The standard InChI is InChI=1S/C13H26N2O2/c1-13(11-16-2)9-12(3-4-14-13)10-15-5-7-17-8-6-15/h12,14H,3-11H2,1-2H3. The molecule has 0 saturated carbocycles. The molecular formula is C13H26N2O2. The van der Waals surface area contributed by atoms with Crippen molar-refractivity contribution in [1.29, 1.82) is 0 Å². The van der Waals surface area contributed by atoms with Gasteiger partial charge in [0.25, 0.3) is 0 Å². The highest BCUT2D eigenvalue weighted by molar-refractivity contribution is 4.91. The molecule has 100 valence electrons. The normalized spacial score (nSPS) is 36.0. The molecule has 0 aliphatic carbocycles. The molecule has 2 unspecified atom stereocenters. The van der Waals surface area contributed by atoms with Crippen LogP contribution < -0.4 is 5.32 Å². The highest BCUT2D eigenvalue weighted by Crippen LogP contribution is 2.25. The molecule has 0 aromatic rings. The predicted octanol–water partition coefficient (Wildman–Crippen LogP) is 0.723. The second-order valence-electron chi connectivity index (χ2n) is 5.69. The van der Waals surface area contributed by atoms with E-state index in [1.807, 2.05) is 0 Å². The summed E-state index contributed by atoms with van der Waals surface area (Å²) in [6, 6.07) is 0. The number of nitrogens with one attached hydrogen (secondary N) is 1. The minimum Gasteiger partial charge on any atom is -0.383 e. The molecule has 2 rings (SSSR count). The van der Waals surface area contributed by atoms with Crippen molar-refractivity contribution in [3.63, 3.8) is 0 Å². The van der Waals surface area contributed by atoms with Crippen LogP contribution >= 0.6 is 0 Å². The summed E-state index contributed by atoms with van der Waals surface area (Å²) in [5, 5.41) is 3.60. The van der Waals surface area contributed by atoms with Gasteiger partial charge in [0.1, 0.15) is 0 Å². The van der Waals surface area contributed by atoms with Crippen molar-refractivity contribution in [2.24, 2.45) is 5.92 Å². The van der Waals surface area contributed by atoms with Crippen LogP contribution in [0.2, 0.25) is 0 Å². The lowest BCUT2D eigenvalue weighted by Crippen LogP contribution is -2.53. The van der Waals surface area contributed by atoms with Gasteiger partial charge in [0.05, 0.1) is 19.8 Å². The first-order valence-electron chi connectivity index (χ1n) is 6.76. The smallest absolute Gasteiger partial charge is 0.0641 e. The number of morpholine rings is 1. The van der Waals surface area contributed by atoms with Gasteiger partial charge in [-0.25, -0.2) is 0 Å². The summed E-state index contributed by atoms with van der Waals surface area (Å²) in [5.41, 5.74) is 0.171. The van der Waals surface area contributed by atoms with Crippen molar-refractivity contribution < 1.29 is 9.47 Å². The Bertz CT molecular complexity index is 227. The average Bonchev–Trinajstić information content (AvgIpc) is 2.30. The molecule has 2 aliphatic rings. The molecule has 0 aromatic carbocycles. The average molecular weight is 242 g/mol. The van der Waals surface area contributed by atoms with Gasteiger partial charge in [-0.2, -0.15) is 0 Å². The lowest BCUT2D eigenvalue weighted by molar-refractivity contribution is 0.0185. The topological polar surface area (TPSA) is 33.7 Å². The van der Waals surface area contributed by atoms with E-state index in [1.165, 1.54) is 19.4 Å². The molecule has 0 aromatic heterocycles. The second kappa shape index (κ2) is 6.14. The third kappa shape index (κ3) is 3.91. The summed E-state index contributed by atoms with van der Waals surface area (Å²) >= 11 is 0. The second-order valence-corrected chi connectivity index (χ2v) is 5.69. The Morgan fingerprint density at radius 2 is 2.18 bits per heavy atom. The highest BCUT2D eigenvalue weighted by atomic mass is 16.5. The number of methoxy groups -OCH3 is 1. The highest BCUT2D eigenvalue weighted by Gasteiger charge is 2.32. The number of ether oxygens (including phenoxy) is 2. The van der Waals surface area contributed by atoms with Crippen molar-refractivity contribution in [3.8, 4) is 0 Å². The number of hydrogen-bond donors (Lipinski definition) is 1. The van der Waals surface area contributed by atoms with Crippen LogP contribution in [0.4, 0.5) is 0 Å². The molecule has 4 heteroatoms. The molecular weight excluding hydrogens is 216 g/mol. The molecule has 2 atom stereocenters. The van der Waals surface area contributed by atoms with Gasteiger partial charge >= 0.3 is 0 Å². The minimum atomic E-state index is 0.171. The predicted molar refractivity (Wildman–Crippen MR) is 68.3 cm³/mol. The Kier molecular flexibility index (Phi) is 4.79. The van der Waals surface area contributed by atoms with E-state index in [-0.39, 0.29) is 5.54 Å². The first kappa shape index (κ1) is 13.3. The van der Waals surface area contributed by atoms with Crippen LogP contribution in [0.1, 0.15) is 19.8 Å². The molecule has 1 N–H and O–H groups in total. The zero-order valence-electron chi connectivity index (χ0n) is 11.2. The van der Waals surface area contributed by atoms with Gasteiger partial charge in [-0.15, -0.1) is 0 Å². The molecule has 2 fully saturated rings. The Balaban J connectivity index is 1.80. The van der Waals surface area contributed by atoms with E-state index in [0.717, 1.165) is 45.4 Å². The number of nitrogens with zero attached hydrogens (tertiary/aromatic N) is 1. The summed E-state index contributed by atoms with van der Waals surface area (Å²) in [5.74, 6) is 0.800. The lowest BCUT2D eigenvalue weighted by Gasteiger charge is -2.41. The fourth-order valence-electron chi connectivity index (χ4n) is 3.12. The monoisotopic (exact) mass is 242 g/mol. The van der Waals surface area contributed by atoms with E-state index in [4.69, 9.17) is 9.47 Å². The SMILES string of the molecule is COCC1(C)CC(CN2CCOCC2)CCN1. The van der Waals surface area contributed by atoms with E-state index in [1.54, 1.807) is 7.11 Å². The molecule has 0 bridgehead atoms. The van der Waals surface area contributed by atoms with Crippen LogP contribution in [0, 0.1) is 5.92 Å². The van der Waals surface area contributed by atoms with E-state index < -0.39 is 0 Å². The summed E-state index contributed by atoms with van der Waals surface area (Å²) in [6.07, 6.45) is 2.51. The fourth-order valence-corrected chi connectivity index (χ4v) is 3.12. The first-order chi connectivity index (χ1) is 8.22. The summed E-state index contributed by atoms with van der Waals surface area (Å²) < 4.78 is 10.7. The van der Waals surface area contributed by atoms with Crippen molar-refractivity contribution >= 4 is 0 Å². The van der Waals surface area contributed by atoms with E-state index in [9.17, 15) is 0 Å². The van der Waals surface area contributed by atoms with Crippen molar-refractivity contribution in [3.05, 3.63) is 0 Å². The van der Waals surface area contributed by atoms with Gasteiger partial charge in [-0.1, -0.05) is 0 Å². The van der Waals surface area contributed by atoms with Gasteiger partial charge in [0, 0.05) is 32.3 Å². The Morgan fingerprint density at radius 3 is 2.88 bits per heavy atom. The molecule has 2 heterocycles. The molecule has 0 spiro atoms. The molecule has 0 radical (unpaired) electrons. The van der Waals surface area contributed by atoms with Crippen LogP contribution in [0.15, 0.2) is 0 Å². The van der Waals surface area contributed by atoms with Crippen LogP contribution in [0.3, 0.4) is 0 Å². The van der Waals surface area contributed by atoms with Gasteiger partial charge in [0.2, 0.25) is 0 Å².